The summed E-state index contributed by atoms with van der Waals surface area (Å²) < 4.78 is 5.53. The van der Waals surface area contributed by atoms with Crippen LogP contribution in [0.5, 0.6) is 0 Å². The molecular weight excluding hydrogens is 378 g/mol. The van der Waals surface area contributed by atoms with Crippen LogP contribution in [0.15, 0.2) is 60.7 Å². The van der Waals surface area contributed by atoms with E-state index in [1.165, 1.54) is 0 Å². The highest BCUT2D eigenvalue weighted by Crippen LogP contribution is 2.29. The van der Waals surface area contributed by atoms with E-state index in [-0.39, 0.29) is 12.5 Å². The monoisotopic (exact) mass is 413 g/mol. The predicted octanol–water partition coefficient (Wildman–Crippen LogP) is 4.09. The lowest BCUT2D eigenvalue weighted by atomic mass is 9.96. The zero-order valence-electron chi connectivity index (χ0n) is 18.7. The number of hydrogen-bond donors (Lipinski definition) is 2. The number of aliphatic hydroxyl groups excluding tert-OH is 2. The second-order valence-corrected chi connectivity index (χ2v) is 8.83. The van der Waals surface area contributed by atoms with Crippen LogP contribution in [-0.2, 0) is 16.1 Å². The molecule has 0 spiro atoms. The molecule has 4 atom stereocenters. The normalized spacial score (nSPS) is 16.0. The van der Waals surface area contributed by atoms with Crippen molar-refractivity contribution in [1.82, 2.24) is 4.90 Å². The molecule has 5 nitrogen and oxygen atoms in total. The third-order valence-electron chi connectivity index (χ3n) is 5.10. The highest BCUT2D eigenvalue weighted by Gasteiger charge is 2.35. The molecule has 5 heteroatoms. The molecule has 0 bridgehead atoms. The summed E-state index contributed by atoms with van der Waals surface area (Å²) in [6.07, 6.45) is -2.11. The fourth-order valence-electron chi connectivity index (χ4n) is 3.57. The fourth-order valence-corrected chi connectivity index (χ4v) is 3.57. The number of aliphatic hydroxyl groups is 2. The first-order chi connectivity index (χ1) is 14.1. The highest BCUT2D eigenvalue weighted by atomic mass is 16.6. The number of carbonyl (C=O) groups is 1. The molecule has 0 saturated carbocycles. The summed E-state index contributed by atoms with van der Waals surface area (Å²) >= 11 is 0. The molecule has 164 valence electrons. The molecule has 0 unspecified atom stereocenters. The lowest BCUT2D eigenvalue weighted by Gasteiger charge is -2.40. The molecule has 2 aromatic rings. The molecule has 2 aromatic carbocycles. The molecule has 2 N–H and O–H groups in total. The number of esters is 1. The summed E-state index contributed by atoms with van der Waals surface area (Å²) in [7, 11) is 0. The van der Waals surface area contributed by atoms with E-state index in [1.807, 2.05) is 81.4 Å². The second-order valence-electron chi connectivity index (χ2n) is 8.83. The van der Waals surface area contributed by atoms with E-state index < -0.39 is 29.8 Å². The van der Waals surface area contributed by atoms with Crippen LogP contribution >= 0.6 is 0 Å². The zero-order valence-corrected chi connectivity index (χ0v) is 18.7. The maximum absolute atomic E-state index is 12.7. The van der Waals surface area contributed by atoms with Gasteiger partial charge < -0.3 is 14.9 Å². The Balaban J connectivity index is 2.40. The van der Waals surface area contributed by atoms with Gasteiger partial charge in [0.2, 0.25) is 0 Å². The third-order valence-corrected chi connectivity index (χ3v) is 5.10. The van der Waals surface area contributed by atoms with E-state index in [0.717, 1.165) is 11.1 Å². The van der Waals surface area contributed by atoms with Crippen molar-refractivity contribution in [3.8, 4) is 0 Å². The minimum atomic E-state index is -1.10. The molecule has 0 saturated heterocycles. The molecule has 0 aliphatic heterocycles. The Bertz CT molecular complexity index is 771. The Kier molecular flexibility index (Phi) is 8.59. The standard InChI is InChI=1S/C25H35NO4/c1-18(21-14-10-7-11-15-21)26(17-20-12-8-6-9-13-20)22(24(29)19(2)27)16-23(28)30-25(3,4)5/h6-15,18-19,22,24,27,29H,16-17H2,1-5H3/t18-,19-,22+,24+/m1/s1. The van der Waals surface area contributed by atoms with Gasteiger partial charge >= 0.3 is 5.97 Å². The fraction of sp³-hybridized carbons (Fsp3) is 0.480. The van der Waals surface area contributed by atoms with Crippen molar-refractivity contribution >= 4 is 5.97 Å². The van der Waals surface area contributed by atoms with E-state index in [9.17, 15) is 15.0 Å². The van der Waals surface area contributed by atoms with E-state index in [4.69, 9.17) is 4.74 Å². The van der Waals surface area contributed by atoms with Crippen molar-refractivity contribution in [3.05, 3.63) is 71.8 Å². The molecule has 0 fully saturated rings. The first-order valence-corrected chi connectivity index (χ1v) is 10.5. The molecule has 2 rings (SSSR count). The van der Waals surface area contributed by atoms with Gasteiger partial charge in [-0.3, -0.25) is 9.69 Å². The van der Waals surface area contributed by atoms with Gasteiger partial charge in [-0.15, -0.1) is 0 Å². The summed E-state index contributed by atoms with van der Waals surface area (Å²) in [6.45, 7) is 9.57. The summed E-state index contributed by atoms with van der Waals surface area (Å²) in [5, 5.41) is 21.1. The Morgan fingerprint density at radius 2 is 1.50 bits per heavy atom. The van der Waals surface area contributed by atoms with Crippen LogP contribution in [-0.4, -0.2) is 44.9 Å². The van der Waals surface area contributed by atoms with Crippen LogP contribution in [0.2, 0.25) is 0 Å². The Morgan fingerprint density at radius 3 is 2.00 bits per heavy atom. The predicted molar refractivity (Wildman–Crippen MR) is 119 cm³/mol. The third kappa shape index (κ3) is 7.24. The molecule has 0 aliphatic carbocycles. The van der Waals surface area contributed by atoms with Crippen molar-refractivity contribution in [2.75, 3.05) is 0 Å². The van der Waals surface area contributed by atoms with Gasteiger partial charge in [-0.2, -0.15) is 0 Å². The van der Waals surface area contributed by atoms with Crippen molar-refractivity contribution in [2.24, 2.45) is 0 Å². The second kappa shape index (κ2) is 10.7. The number of benzene rings is 2. The largest absolute Gasteiger partial charge is 0.460 e. The number of ether oxygens (including phenoxy) is 1. The van der Waals surface area contributed by atoms with Crippen molar-refractivity contribution < 1.29 is 19.7 Å². The molecule has 0 aromatic heterocycles. The topological polar surface area (TPSA) is 70.0 Å². The van der Waals surface area contributed by atoms with Gasteiger partial charge in [0.1, 0.15) is 5.60 Å². The number of nitrogens with zero attached hydrogens (tertiary/aromatic N) is 1. The average Bonchev–Trinajstić information content (AvgIpc) is 2.69. The van der Waals surface area contributed by atoms with Crippen LogP contribution in [0.1, 0.15) is 58.2 Å². The van der Waals surface area contributed by atoms with E-state index >= 15 is 0 Å². The van der Waals surface area contributed by atoms with E-state index in [0.29, 0.717) is 6.54 Å². The molecule has 0 radical (unpaired) electrons. The SMILES string of the molecule is C[C@H](c1ccccc1)N(Cc1ccccc1)[C@@H](CC(=O)OC(C)(C)C)[C@@H](O)[C@@H](C)O. The summed E-state index contributed by atoms with van der Waals surface area (Å²) in [4.78, 5) is 14.7. The van der Waals surface area contributed by atoms with Gasteiger partial charge in [-0.25, -0.2) is 0 Å². The number of carbonyl (C=O) groups excluding carboxylic acids is 1. The van der Waals surface area contributed by atoms with Crippen LogP contribution in [0.25, 0.3) is 0 Å². The minimum absolute atomic E-state index is 0.0205. The Morgan fingerprint density at radius 1 is 0.967 bits per heavy atom. The maximum atomic E-state index is 12.7. The first-order valence-electron chi connectivity index (χ1n) is 10.5. The quantitative estimate of drug-likeness (QED) is 0.606. The van der Waals surface area contributed by atoms with Gasteiger partial charge in [-0.05, 0) is 45.7 Å². The van der Waals surface area contributed by atoms with Crippen LogP contribution in [0.3, 0.4) is 0 Å². The Labute approximate surface area is 180 Å². The molecular formula is C25H35NO4. The van der Waals surface area contributed by atoms with Crippen molar-refractivity contribution in [1.29, 1.82) is 0 Å². The molecule has 0 aliphatic rings. The van der Waals surface area contributed by atoms with Crippen LogP contribution in [0, 0.1) is 0 Å². The van der Waals surface area contributed by atoms with Crippen molar-refractivity contribution in [3.63, 3.8) is 0 Å². The zero-order chi connectivity index (χ0) is 22.3. The molecule has 0 heterocycles. The van der Waals surface area contributed by atoms with Gasteiger partial charge in [0.15, 0.2) is 0 Å². The molecule has 0 amide bonds. The lowest BCUT2D eigenvalue weighted by molar-refractivity contribution is -0.159. The summed E-state index contributed by atoms with van der Waals surface area (Å²) in [5.74, 6) is -0.398. The van der Waals surface area contributed by atoms with Crippen LogP contribution < -0.4 is 0 Å². The van der Waals surface area contributed by atoms with Crippen LogP contribution in [0.4, 0.5) is 0 Å². The van der Waals surface area contributed by atoms with Gasteiger partial charge in [0, 0.05) is 18.6 Å². The van der Waals surface area contributed by atoms with Gasteiger partial charge in [0.05, 0.1) is 18.6 Å². The molecule has 30 heavy (non-hydrogen) atoms. The van der Waals surface area contributed by atoms with Crippen molar-refractivity contribution in [2.45, 2.75) is 77.5 Å². The summed E-state index contributed by atoms with van der Waals surface area (Å²) in [6, 6.07) is 19.2. The number of hydrogen-bond acceptors (Lipinski definition) is 5. The maximum Gasteiger partial charge on any atom is 0.308 e. The van der Waals surface area contributed by atoms with Gasteiger partial charge in [0.25, 0.3) is 0 Å². The smallest absolute Gasteiger partial charge is 0.308 e. The Hall–Kier alpha value is -2.21. The average molecular weight is 414 g/mol. The lowest BCUT2D eigenvalue weighted by Crippen LogP contribution is -2.50. The highest BCUT2D eigenvalue weighted by molar-refractivity contribution is 5.70. The van der Waals surface area contributed by atoms with E-state index in [2.05, 4.69) is 11.8 Å². The minimum Gasteiger partial charge on any atom is -0.460 e. The van der Waals surface area contributed by atoms with Gasteiger partial charge in [-0.1, -0.05) is 60.7 Å². The summed E-state index contributed by atoms with van der Waals surface area (Å²) in [5.41, 5.74) is 1.51. The van der Waals surface area contributed by atoms with E-state index in [1.54, 1.807) is 6.92 Å². The first kappa shape index (κ1) is 24.1. The number of rotatable bonds is 9.